The van der Waals surface area contributed by atoms with Gasteiger partial charge in [0.25, 0.3) is 5.91 Å². The van der Waals surface area contributed by atoms with Crippen LogP contribution in [0, 0.1) is 0 Å². The lowest BCUT2D eigenvalue weighted by molar-refractivity contribution is -0.121. The Morgan fingerprint density at radius 2 is 1.70 bits per heavy atom. The van der Waals surface area contributed by atoms with Crippen LogP contribution in [0.5, 0.6) is 0 Å². The van der Waals surface area contributed by atoms with Crippen molar-refractivity contribution in [1.29, 1.82) is 0 Å². The molecule has 1 fully saturated rings. The number of imide groups is 1. The Morgan fingerprint density at radius 1 is 1.07 bits per heavy atom. The predicted molar refractivity (Wildman–Crippen MR) is 102 cm³/mol. The molecule has 1 aliphatic heterocycles. The molecule has 0 aliphatic carbocycles. The Kier molecular flexibility index (Phi) is 5.61. The van der Waals surface area contributed by atoms with Crippen molar-refractivity contribution in [1.82, 2.24) is 5.32 Å². The van der Waals surface area contributed by atoms with E-state index in [1.54, 1.807) is 36.4 Å². The lowest BCUT2D eigenvalue weighted by Crippen LogP contribution is -2.39. The topological polar surface area (TPSA) is 110 Å². The fraction of sp³-hybridized carbons (Fsp3) is 0.222. The number of anilines is 1. The molecule has 27 heavy (non-hydrogen) atoms. The van der Waals surface area contributed by atoms with Crippen molar-refractivity contribution in [3.05, 3.63) is 59.1 Å². The molecule has 0 spiro atoms. The van der Waals surface area contributed by atoms with E-state index in [2.05, 4.69) is 5.32 Å². The van der Waals surface area contributed by atoms with Crippen molar-refractivity contribution in [2.75, 3.05) is 11.4 Å². The smallest absolute Gasteiger partial charge is 0.251 e. The van der Waals surface area contributed by atoms with E-state index in [0.717, 1.165) is 10.5 Å². The summed E-state index contributed by atoms with van der Waals surface area (Å²) in [6.07, 6.45) is 0.662. The van der Waals surface area contributed by atoms with Gasteiger partial charge in [-0.15, -0.1) is 0 Å². The number of primary sulfonamides is 1. The van der Waals surface area contributed by atoms with Crippen molar-refractivity contribution < 1.29 is 18.0 Å². The molecular formula is C18H18ClN3O4S. The fourth-order valence-electron chi connectivity index (χ4n) is 2.89. The number of carbonyl (C=O) groups excluding carboxylic acids is 2. The van der Waals surface area contributed by atoms with Crippen LogP contribution in [0.3, 0.4) is 0 Å². The van der Waals surface area contributed by atoms with Crippen LogP contribution in [0.2, 0.25) is 5.02 Å². The van der Waals surface area contributed by atoms with Crippen molar-refractivity contribution in [3.63, 3.8) is 0 Å². The number of nitrogens with two attached hydrogens (primary N) is 1. The number of amides is 2. The maximum absolute atomic E-state index is 12.5. The van der Waals surface area contributed by atoms with Crippen molar-refractivity contribution >= 4 is 39.1 Å². The molecule has 3 rings (SSSR count). The highest BCUT2D eigenvalue weighted by molar-refractivity contribution is 7.89. The number of halogens is 1. The molecular weight excluding hydrogens is 390 g/mol. The summed E-state index contributed by atoms with van der Waals surface area (Å²) in [5.41, 5.74) is 1.39. The van der Waals surface area contributed by atoms with Gasteiger partial charge in [-0.3, -0.25) is 9.59 Å². The summed E-state index contributed by atoms with van der Waals surface area (Å²) in [6, 6.07) is 12.2. The average molecular weight is 408 g/mol. The van der Waals surface area contributed by atoms with Gasteiger partial charge in [-0.2, -0.15) is 0 Å². The largest absolute Gasteiger partial charge is 0.305 e. The summed E-state index contributed by atoms with van der Waals surface area (Å²) in [5.74, 6) is -0.566. The van der Waals surface area contributed by atoms with E-state index < -0.39 is 16.1 Å². The first-order valence-corrected chi connectivity index (χ1v) is 10.2. The van der Waals surface area contributed by atoms with E-state index in [-0.39, 0.29) is 23.1 Å². The zero-order valence-electron chi connectivity index (χ0n) is 14.3. The number of nitrogens with zero attached hydrogens (tertiary/aromatic N) is 1. The van der Waals surface area contributed by atoms with E-state index in [1.807, 2.05) is 0 Å². The van der Waals surface area contributed by atoms with Crippen molar-refractivity contribution in [3.8, 4) is 0 Å². The first-order valence-electron chi connectivity index (χ1n) is 8.23. The van der Waals surface area contributed by atoms with Crippen LogP contribution in [0.1, 0.15) is 12.0 Å². The minimum Gasteiger partial charge on any atom is -0.305 e. The molecule has 0 saturated carbocycles. The summed E-state index contributed by atoms with van der Waals surface area (Å²) in [7, 11) is -3.71. The second kappa shape index (κ2) is 7.77. The second-order valence-corrected chi connectivity index (χ2v) is 8.19. The van der Waals surface area contributed by atoms with E-state index in [1.165, 1.54) is 12.1 Å². The van der Waals surface area contributed by atoms with E-state index in [9.17, 15) is 18.0 Å². The molecule has 2 aromatic rings. The number of benzene rings is 2. The summed E-state index contributed by atoms with van der Waals surface area (Å²) in [4.78, 5) is 25.9. The number of rotatable bonds is 6. The molecule has 7 nitrogen and oxygen atoms in total. The zero-order chi connectivity index (χ0) is 19.6. The lowest BCUT2D eigenvalue weighted by atomic mass is 10.1. The normalized spacial score (nSPS) is 17.6. The average Bonchev–Trinajstić information content (AvgIpc) is 2.89. The molecule has 0 unspecified atom stereocenters. The van der Waals surface area contributed by atoms with Crippen LogP contribution in [0.25, 0.3) is 0 Å². The maximum Gasteiger partial charge on any atom is 0.251 e. The summed E-state index contributed by atoms with van der Waals surface area (Å²) in [5, 5.41) is 8.68. The van der Waals surface area contributed by atoms with Gasteiger partial charge in [0.15, 0.2) is 0 Å². The minimum atomic E-state index is -3.71. The van der Waals surface area contributed by atoms with Crippen molar-refractivity contribution in [2.24, 2.45) is 5.14 Å². The molecule has 0 aromatic heterocycles. The van der Waals surface area contributed by atoms with Gasteiger partial charge in [0, 0.05) is 5.02 Å². The van der Waals surface area contributed by atoms with Crippen LogP contribution in [0.15, 0.2) is 53.4 Å². The number of carbonyl (C=O) groups is 2. The Balaban J connectivity index is 1.58. The quantitative estimate of drug-likeness (QED) is 0.704. The first kappa shape index (κ1) is 19.5. The van der Waals surface area contributed by atoms with Gasteiger partial charge in [0.05, 0.1) is 23.0 Å². The summed E-state index contributed by atoms with van der Waals surface area (Å²) >= 11 is 5.84. The Morgan fingerprint density at radius 3 is 2.30 bits per heavy atom. The van der Waals surface area contributed by atoms with Crippen LogP contribution in [-0.2, 0) is 26.0 Å². The molecule has 1 heterocycles. The molecule has 0 radical (unpaired) electrons. The second-order valence-electron chi connectivity index (χ2n) is 6.19. The fourth-order valence-corrected chi connectivity index (χ4v) is 3.53. The highest BCUT2D eigenvalue weighted by Crippen LogP contribution is 2.24. The number of sulfonamides is 1. The maximum atomic E-state index is 12.5. The third kappa shape index (κ3) is 4.54. The SMILES string of the molecule is NS(=O)(=O)c1ccc(CCN[C@@H]2CC(=O)N(c3ccc(Cl)cc3)C2=O)cc1. The number of nitrogens with one attached hydrogen (secondary N) is 1. The van der Waals surface area contributed by atoms with Crippen LogP contribution < -0.4 is 15.4 Å². The number of hydrogen-bond donors (Lipinski definition) is 2. The summed E-state index contributed by atoms with van der Waals surface area (Å²) in [6.45, 7) is 0.465. The van der Waals surface area contributed by atoms with Crippen LogP contribution >= 0.6 is 11.6 Å². The first-order chi connectivity index (χ1) is 12.8. The van der Waals surface area contributed by atoms with Gasteiger partial charge in [-0.1, -0.05) is 23.7 Å². The lowest BCUT2D eigenvalue weighted by Gasteiger charge is -2.15. The molecule has 9 heteroatoms. The Bertz CT molecular complexity index is 959. The summed E-state index contributed by atoms with van der Waals surface area (Å²) < 4.78 is 22.5. The monoisotopic (exact) mass is 407 g/mol. The molecule has 1 atom stereocenters. The molecule has 142 valence electrons. The van der Waals surface area contributed by atoms with Crippen molar-refractivity contribution in [2.45, 2.75) is 23.8 Å². The molecule has 0 bridgehead atoms. The molecule has 2 aromatic carbocycles. The molecule has 1 aliphatic rings. The zero-order valence-corrected chi connectivity index (χ0v) is 15.8. The standard InChI is InChI=1S/C18H18ClN3O4S/c19-13-3-5-14(6-4-13)22-17(23)11-16(18(22)24)21-10-9-12-1-7-15(8-2-12)27(20,25)26/h1-8,16,21H,9-11H2,(H2,20,25,26)/t16-/m1/s1. The predicted octanol–water partition coefficient (Wildman–Crippen LogP) is 1.45. The van der Waals surface area contributed by atoms with Gasteiger partial charge in [-0.05, 0) is 54.9 Å². The van der Waals surface area contributed by atoms with Gasteiger partial charge in [0.1, 0.15) is 0 Å². The Hall–Kier alpha value is -2.26. The molecule has 3 N–H and O–H groups in total. The number of hydrogen-bond acceptors (Lipinski definition) is 5. The Labute approximate surface area is 162 Å². The van der Waals surface area contributed by atoms with E-state index in [0.29, 0.717) is 23.7 Å². The third-order valence-electron chi connectivity index (χ3n) is 4.29. The van der Waals surface area contributed by atoms with Gasteiger partial charge < -0.3 is 5.32 Å². The molecule has 2 amide bonds. The van der Waals surface area contributed by atoms with Crippen LogP contribution in [0.4, 0.5) is 5.69 Å². The van der Waals surface area contributed by atoms with Gasteiger partial charge in [-0.25, -0.2) is 18.5 Å². The van der Waals surface area contributed by atoms with E-state index in [4.69, 9.17) is 16.7 Å². The molecule has 1 saturated heterocycles. The van der Waals surface area contributed by atoms with Gasteiger partial charge in [0.2, 0.25) is 15.9 Å². The third-order valence-corrected chi connectivity index (χ3v) is 5.47. The van der Waals surface area contributed by atoms with E-state index >= 15 is 0 Å². The highest BCUT2D eigenvalue weighted by Gasteiger charge is 2.39. The minimum absolute atomic E-state index is 0.0504. The highest BCUT2D eigenvalue weighted by atomic mass is 35.5. The van der Waals surface area contributed by atoms with Crippen LogP contribution in [-0.4, -0.2) is 32.8 Å². The van der Waals surface area contributed by atoms with Gasteiger partial charge >= 0.3 is 0 Å².